The zero-order valence-corrected chi connectivity index (χ0v) is 16.0. The van der Waals surface area contributed by atoms with E-state index in [-0.39, 0.29) is 23.7 Å². The van der Waals surface area contributed by atoms with Gasteiger partial charge >= 0.3 is 0 Å². The van der Waals surface area contributed by atoms with Crippen molar-refractivity contribution in [1.29, 1.82) is 0 Å². The summed E-state index contributed by atoms with van der Waals surface area (Å²) in [5, 5.41) is 3.91. The lowest BCUT2D eigenvalue weighted by atomic mass is 9.99. The molecule has 2 heterocycles. The number of para-hydroxylation sites is 1. The van der Waals surface area contributed by atoms with E-state index >= 15 is 0 Å². The van der Waals surface area contributed by atoms with Crippen LogP contribution in [-0.4, -0.2) is 30.0 Å². The van der Waals surface area contributed by atoms with Gasteiger partial charge in [-0.15, -0.1) is 0 Å². The first kappa shape index (κ1) is 17.9. The lowest BCUT2D eigenvalue weighted by Gasteiger charge is -2.38. The van der Waals surface area contributed by atoms with Gasteiger partial charge in [0.1, 0.15) is 11.3 Å². The zero-order chi connectivity index (χ0) is 18.8. The Morgan fingerprint density at radius 1 is 1.26 bits per heavy atom. The number of aromatic nitrogens is 1. The number of halogens is 1. The van der Waals surface area contributed by atoms with Crippen LogP contribution in [0.4, 0.5) is 9.52 Å². The van der Waals surface area contributed by atoms with E-state index in [1.54, 1.807) is 6.07 Å². The van der Waals surface area contributed by atoms with Crippen LogP contribution < -0.4 is 10.2 Å². The minimum Gasteiger partial charge on any atom is -0.353 e. The topological polar surface area (TPSA) is 45.2 Å². The molecule has 0 spiro atoms. The van der Waals surface area contributed by atoms with Gasteiger partial charge in [-0.1, -0.05) is 47.7 Å². The molecule has 1 fully saturated rings. The van der Waals surface area contributed by atoms with E-state index in [9.17, 15) is 9.18 Å². The highest BCUT2D eigenvalue weighted by Crippen LogP contribution is 2.33. The minimum absolute atomic E-state index is 0.0268. The molecule has 1 aliphatic heterocycles. The van der Waals surface area contributed by atoms with Gasteiger partial charge in [-0.05, 0) is 37.5 Å². The summed E-state index contributed by atoms with van der Waals surface area (Å²) >= 11 is 1.47. The summed E-state index contributed by atoms with van der Waals surface area (Å²) < 4.78 is 14.6. The number of amides is 1. The minimum atomic E-state index is -0.294. The SMILES string of the molecule is CC(CCc1ccccc1)NC(=O)C1CN(c2nc3c(F)cccc3s2)C1. The van der Waals surface area contributed by atoms with E-state index in [1.165, 1.54) is 23.0 Å². The third kappa shape index (κ3) is 3.95. The van der Waals surface area contributed by atoms with Crippen LogP contribution in [0.3, 0.4) is 0 Å². The predicted octanol–water partition coefficient (Wildman–Crippen LogP) is 4.01. The Bertz CT molecular complexity index is 937. The summed E-state index contributed by atoms with van der Waals surface area (Å²) in [6.07, 6.45) is 1.87. The first-order valence-electron chi connectivity index (χ1n) is 9.24. The Balaban J connectivity index is 1.27. The molecule has 1 saturated heterocycles. The lowest BCUT2D eigenvalue weighted by Crippen LogP contribution is -2.55. The fraction of sp³-hybridized carbons (Fsp3) is 0.333. The third-order valence-electron chi connectivity index (χ3n) is 4.98. The van der Waals surface area contributed by atoms with E-state index in [0.717, 1.165) is 22.7 Å². The maximum absolute atomic E-state index is 13.8. The fourth-order valence-electron chi connectivity index (χ4n) is 3.30. The number of fused-ring (bicyclic) bond motifs is 1. The lowest BCUT2D eigenvalue weighted by molar-refractivity contribution is -0.126. The molecule has 1 amide bonds. The number of carbonyl (C=O) groups is 1. The molecule has 27 heavy (non-hydrogen) atoms. The van der Waals surface area contributed by atoms with Gasteiger partial charge in [0.2, 0.25) is 5.91 Å². The number of hydrogen-bond acceptors (Lipinski definition) is 4. The highest BCUT2D eigenvalue weighted by atomic mass is 32.1. The molecule has 2 aromatic carbocycles. The number of thiazole rings is 1. The molecular weight excluding hydrogens is 361 g/mol. The number of hydrogen-bond donors (Lipinski definition) is 1. The largest absolute Gasteiger partial charge is 0.353 e. The maximum Gasteiger partial charge on any atom is 0.226 e. The van der Waals surface area contributed by atoms with Crippen molar-refractivity contribution in [2.75, 3.05) is 18.0 Å². The summed E-state index contributed by atoms with van der Waals surface area (Å²) in [6.45, 7) is 3.32. The van der Waals surface area contributed by atoms with Gasteiger partial charge in [0, 0.05) is 19.1 Å². The first-order chi connectivity index (χ1) is 13.1. The summed E-state index contributed by atoms with van der Waals surface area (Å²) in [5.41, 5.74) is 1.71. The average molecular weight is 383 g/mol. The van der Waals surface area contributed by atoms with Gasteiger partial charge in [0.15, 0.2) is 5.13 Å². The van der Waals surface area contributed by atoms with Crippen LogP contribution in [0, 0.1) is 11.7 Å². The van der Waals surface area contributed by atoms with Crippen molar-refractivity contribution in [3.8, 4) is 0 Å². The highest BCUT2D eigenvalue weighted by molar-refractivity contribution is 7.22. The number of anilines is 1. The van der Waals surface area contributed by atoms with Crippen molar-refractivity contribution in [2.24, 2.45) is 5.92 Å². The number of carbonyl (C=O) groups excluding carboxylic acids is 1. The summed E-state index contributed by atoms with van der Waals surface area (Å²) in [6, 6.07) is 15.4. The molecule has 4 nitrogen and oxygen atoms in total. The Kier molecular flexibility index (Phi) is 5.07. The second-order valence-corrected chi connectivity index (χ2v) is 8.13. The Labute approximate surface area is 162 Å². The van der Waals surface area contributed by atoms with Gasteiger partial charge in [0.05, 0.1) is 10.6 Å². The molecule has 0 aliphatic carbocycles. The van der Waals surface area contributed by atoms with Crippen LogP contribution in [0.5, 0.6) is 0 Å². The van der Waals surface area contributed by atoms with Gasteiger partial charge in [0.25, 0.3) is 0 Å². The van der Waals surface area contributed by atoms with Gasteiger partial charge < -0.3 is 10.2 Å². The number of rotatable bonds is 6. The Morgan fingerprint density at radius 2 is 2.04 bits per heavy atom. The van der Waals surface area contributed by atoms with Crippen molar-refractivity contribution >= 4 is 32.6 Å². The number of benzene rings is 2. The highest BCUT2D eigenvalue weighted by Gasteiger charge is 2.34. The quantitative estimate of drug-likeness (QED) is 0.700. The second kappa shape index (κ2) is 7.64. The average Bonchev–Trinajstić information content (AvgIpc) is 3.05. The molecule has 1 atom stereocenters. The molecule has 140 valence electrons. The fourth-order valence-corrected chi connectivity index (χ4v) is 4.30. The molecule has 0 bridgehead atoms. The Morgan fingerprint density at radius 3 is 2.78 bits per heavy atom. The predicted molar refractivity (Wildman–Crippen MR) is 108 cm³/mol. The molecule has 0 saturated carbocycles. The normalized spacial score (nSPS) is 15.6. The first-order valence-corrected chi connectivity index (χ1v) is 10.1. The number of aryl methyl sites for hydroxylation is 1. The molecule has 3 aromatic rings. The van der Waals surface area contributed by atoms with E-state index in [2.05, 4.69) is 22.4 Å². The number of nitrogens with zero attached hydrogens (tertiary/aromatic N) is 2. The van der Waals surface area contributed by atoms with Gasteiger partial charge in [-0.3, -0.25) is 4.79 Å². The van der Waals surface area contributed by atoms with Crippen molar-refractivity contribution < 1.29 is 9.18 Å². The van der Waals surface area contributed by atoms with Crippen LogP contribution in [0.25, 0.3) is 10.2 Å². The molecule has 0 radical (unpaired) electrons. The van der Waals surface area contributed by atoms with Crippen molar-refractivity contribution in [3.63, 3.8) is 0 Å². The van der Waals surface area contributed by atoms with Crippen LogP contribution in [-0.2, 0) is 11.2 Å². The summed E-state index contributed by atoms with van der Waals surface area (Å²) in [5.74, 6) is -0.225. The Hall–Kier alpha value is -2.47. The monoisotopic (exact) mass is 383 g/mol. The smallest absolute Gasteiger partial charge is 0.226 e. The van der Waals surface area contributed by atoms with Crippen LogP contribution >= 0.6 is 11.3 Å². The molecule has 4 rings (SSSR count). The third-order valence-corrected chi connectivity index (χ3v) is 6.06. The van der Waals surface area contributed by atoms with Crippen molar-refractivity contribution in [3.05, 3.63) is 59.9 Å². The molecule has 1 aromatic heterocycles. The molecule has 1 aliphatic rings. The van der Waals surface area contributed by atoms with E-state index < -0.39 is 0 Å². The maximum atomic E-state index is 13.8. The van der Waals surface area contributed by atoms with Gasteiger partial charge in [-0.25, -0.2) is 9.37 Å². The van der Waals surface area contributed by atoms with E-state index in [4.69, 9.17) is 0 Å². The second-order valence-electron chi connectivity index (χ2n) is 7.12. The van der Waals surface area contributed by atoms with Crippen molar-refractivity contribution in [2.45, 2.75) is 25.8 Å². The van der Waals surface area contributed by atoms with Crippen LogP contribution in [0.1, 0.15) is 18.9 Å². The van der Waals surface area contributed by atoms with E-state index in [0.29, 0.717) is 18.6 Å². The van der Waals surface area contributed by atoms with Gasteiger partial charge in [-0.2, -0.15) is 0 Å². The van der Waals surface area contributed by atoms with Crippen LogP contribution in [0.15, 0.2) is 48.5 Å². The van der Waals surface area contributed by atoms with E-state index in [1.807, 2.05) is 36.1 Å². The molecule has 6 heteroatoms. The number of nitrogens with one attached hydrogen (secondary N) is 1. The standard InChI is InChI=1S/C21H22FN3OS/c1-14(10-11-15-6-3-2-4-7-15)23-20(26)16-12-25(13-16)21-24-19-17(22)8-5-9-18(19)27-21/h2-9,14,16H,10-13H2,1H3,(H,23,26). The molecule has 1 unspecified atom stereocenters. The summed E-state index contributed by atoms with van der Waals surface area (Å²) in [7, 11) is 0. The van der Waals surface area contributed by atoms with Crippen molar-refractivity contribution in [1.82, 2.24) is 10.3 Å². The molecular formula is C21H22FN3OS. The van der Waals surface area contributed by atoms with Crippen LogP contribution in [0.2, 0.25) is 0 Å². The molecule has 1 N–H and O–H groups in total. The summed E-state index contributed by atoms with van der Waals surface area (Å²) in [4.78, 5) is 18.9. The zero-order valence-electron chi connectivity index (χ0n) is 15.2.